The Kier molecular flexibility index (Phi) is 9.22. The van der Waals surface area contributed by atoms with Crippen molar-refractivity contribution in [3.05, 3.63) is 72.8 Å². The van der Waals surface area contributed by atoms with Crippen LogP contribution in [0.2, 0.25) is 5.04 Å². The van der Waals surface area contributed by atoms with Gasteiger partial charge in [-0.3, -0.25) is 4.79 Å². The van der Waals surface area contributed by atoms with E-state index in [1.54, 1.807) is 7.11 Å². The largest absolute Gasteiger partial charge is 0.469 e. The van der Waals surface area contributed by atoms with Crippen LogP contribution in [-0.4, -0.2) is 60.2 Å². The summed E-state index contributed by atoms with van der Waals surface area (Å²) in [6, 6.07) is 21.0. The highest BCUT2D eigenvalue weighted by atomic mass is 28.4. The van der Waals surface area contributed by atoms with E-state index in [1.165, 1.54) is 17.5 Å². The molecule has 0 aromatic heterocycles. The predicted molar refractivity (Wildman–Crippen MR) is 135 cm³/mol. The Morgan fingerprint density at radius 3 is 2.03 bits per heavy atom. The number of hydrogen-bond donors (Lipinski definition) is 0. The highest BCUT2D eigenvalue weighted by Gasteiger charge is 2.50. The quantitative estimate of drug-likeness (QED) is 0.223. The van der Waals surface area contributed by atoms with Gasteiger partial charge >= 0.3 is 5.97 Å². The summed E-state index contributed by atoms with van der Waals surface area (Å²) in [7, 11) is 0.240. The Morgan fingerprint density at radius 2 is 1.53 bits per heavy atom. The predicted octanol–water partition coefficient (Wildman–Crippen LogP) is 3.44. The molecule has 6 nitrogen and oxygen atoms in total. The SMILES string of the molecule is COCO[C@@H]1C=C[C@@H](CO[Si](c2ccccc2)(c2ccccc2)C(C)(C)C)O[C@@H]1CC(=O)OC. The molecular weight excluding hydrogens is 448 g/mol. The Hall–Kier alpha value is -2.29. The molecule has 2 aromatic rings. The van der Waals surface area contributed by atoms with Gasteiger partial charge in [0.25, 0.3) is 8.32 Å². The Balaban J connectivity index is 1.90. The van der Waals surface area contributed by atoms with Gasteiger partial charge in [-0.25, -0.2) is 0 Å². The molecule has 0 saturated carbocycles. The van der Waals surface area contributed by atoms with E-state index in [9.17, 15) is 4.79 Å². The van der Waals surface area contributed by atoms with E-state index in [2.05, 4.69) is 69.3 Å². The topological polar surface area (TPSA) is 63.2 Å². The van der Waals surface area contributed by atoms with Crippen molar-refractivity contribution in [1.82, 2.24) is 0 Å². The molecule has 0 aliphatic carbocycles. The number of benzene rings is 2. The first-order chi connectivity index (χ1) is 16.3. The minimum atomic E-state index is -2.69. The monoisotopic (exact) mass is 484 g/mol. The summed E-state index contributed by atoms with van der Waals surface area (Å²) in [6.45, 7) is 7.19. The van der Waals surface area contributed by atoms with Crippen LogP contribution < -0.4 is 10.4 Å². The maximum Gasteiger partial charge on any atom is 0.308 e. The maximum atomic E-state index is 12.0. The molecule has 0 N–H and O–H groups in total. The standard InChI is InChI=1S/C27H36O6Si/c1-27(2,3)34(22-12-8-6-9-13-22,23-14-10-7-11-15-23)32-19-21-16-17-24(31-20-29-4)25(33-21)18-26(28)30-5/h6-17,21,24-25H,18-20H2,1-5H3/t21-,24+,25+/m0/s1. The summed E-state index contributed by atoms with van der Waals surface area (Å²) in [6.07, 6.45) is 2.76. The lowest BCUT2D eigenvalue weighted by molar-refractivity contribution is -0.157. The molecule has 0 bridgehead atoms. The minimum absolute atomic E-state index is 0.0882. The van der Waals surface area contributed by atoms with Gasteiger partial charge in [0.2, 0.25) is 0 Å². The molecule has 0 fully saturated rings. The molecule has 1 aliphatic heterocycles. The van der Waals surface area contributed by atoms with Gasteiger partial charge in [-0.2, -0.15) is 0 Å². The van der Waals surface area contributed by atoms with Crippen molar-refractivity contribution in [2.45, 2.75) is 50.5 Å². The summed E-state index contributed by atoms with van der Waals surface area (Å²) in [4.78, 5) is 12.0. The molecule has 0 amide bonds. The minimum Gasteiger partial charge on any atom is -0.469 e. The van der Waals surface area contributed by atoms with Crippen molar-refractivity contribution in [1.29, 1.82) is 0 Å². The van der Waals surface area contributed by atoms with Gasteiger partial charge < -0.3 is 23.4 Å². The fraction of sp³-hybridized carbons (Fsp3) is 0.444. The van der Waals surface area contributed by atoms with Crippen LogP contribution in [0.4, 0.5) is 0 Å². The average Bonchev–Trinajstić information content (AvgIpc) is 2.84. The van der Waals surface area contributed by atoms with Gasteiger partial charge in [0, 0.05) is 7.11 Å². The van der Waals surface area contributed by atoms with Crippen LogP contribution >= 0.6 is 0 Å². The van der Waals surface area contributed by atoms with E-state index < -0.39 is 20.5 Å². The first kappa shape index (κ1) is 26.3. The third kappa shape index (κ3) is 6.03. The molecule has 0 radical (unpaired) electrons. The van der Waals surface area contributed by atoms with E-state index in [0.29, 0.717) is 6.61 Å². The zero-order valence-corrected chi connectivity index (χ0v) is 21.7. The number of hydrogen-bond acceptors (Lipinski definition) is 6. The van der Waals surface area contributed by atoms with Gasteiger partial charge in [-0.05, 0) is 15.4 Å². The van der Waals surface area contributed by atoms with E-state index in [4.69, 9.17) is 23.4 Å². The zero-order chi connectivity index (χ0) is 24.6. The van der Waals surface area contributed by atoms with Crippen LogP contribution in [0.15, 0.2) is 72.8 Å². The maximum absolute atomic E-state index is 12.0. The fourth-order valence-corrected chi connectivity index (χ4v) is 9.06. The van der Waals surface area contributed by atoms with Crippen molar-refractivity contribution in [2.24, 2.45) is 0 Å². The Labute approximate surface area is 204 Å². The molecule has 7 heteroatoms. The second-order valence-corrected chi connectivity index (χ2v) is 13.7. The van der Waals surface area contributed by atoms with Crippen LogP contribution in [0.5, 0.6) is 0 Å². The summed E-state index contributed by atoms with van der Waals surface area (Å²) in [5, 5.41) is 2.28. The average molecular weight is 485 g/mol. The van der Waals surface area contributed by atoms with Gasteiger partial charge in [0.15, 0.2) is 0 Å². The summed E-state index contributed by atoms with van der Waals surface area (Å²) in [5.41, 5.74) is 0. The second-order valence-electron chi connectivity index (χ2n) is 9.39. The molecule has 2 aromatic carbocycles. The number of carbonyl (C=O) groups is 1. The molecule has 184 valence electrons. The highest BCUT2D eigenvalue weighted by molar-refractivity contribution is 6.99. The van der Waals surface area contributed by atoms with Gasteiger partial charge in [0.05, 0.1) is 32.3 Å². The number of rotatable bonds is 10. The Morgan fingerprint density at radius 1 is 0.941 bits per heavy atom. The van der Waals surface area contributed by atoms with Crippen LogP contribution in [0, 0.1) is 0 Å². The molecule has 34 heavy (non-hydrogen) atoms. The number of methoxy groups -OCH3 is 2. The lowest BCUT2D eigenvalue weighted by Crippen LogP contribution is -2.67. The molecule has 3 rings (SSSR count). The summed E-state index contributed by atoms with van der Waals surface area (Å²) >= 11 is 0. The number of ether oxygens (including phenoxy) is 4. The van der Waals surface area contributed by atoms with Crippen molar-refractivity contribution < 1.29 is 28.2 Å². The Bertz CT molecular complexity index is 886. The van der Waals surface area contributed by atoms with E-state index in [-0.39, 0.29) is 30.3 Å². The van der Waals surface area contributed by atoms with E-state index >= 15 is 0 Å². The van der Waals surface area contributed by atoms with Crippen LogP contribution in [0.1, 0.15) is 27.2 Å². The lowest BCUT2D eigenvalue weighted by Gasteiger charge is -2.44. The van der Waals surface area contributed by atoms with Gasteiger partial charge in [-0.1, -0.05) is 93.6 Å². The zero-order valence-electron chi connectivity index (χ0n) is 20.7. The van der Waals surface area contributed by atoms with Gasteiger partial charge in [0.1, 0.15) is 12.9 Å². The third-order valence-electron chi connectivity index (χ3n) is 6.09. The van der Waals surface area contributed by atoms with E-state index in [0.717, 1.165) is 0 Å². The van der Waals surface area contributed by atoms with Gasteiger partial charge in [-0.15, -0.1) is 0 Å². The number of esters is 1. The molecule has 0 unspecified atom stereocenters. The molecule has 1 heterocycles. The first-order valence-corrected chi connectivity index (χ1v) is 13.5. The molecule has 0 saturated heterocycles. The third-order valence-corrected chi connectivity index (χ3v) is 11.1. The molecule has 0 spiro atoms. The smallest absolute Gasteiger partial charge is 0.308 e. The van der Waals surface area contributed by atoms with Crippen molar-refractivity contribution in [3.63, 3.8) is 0 Å². The van der Waals surface area contributed by atoms with Crippen molar-refractivity contribution in [3.8, 4) is 0 Å². The second kappa shape index (κ2) is 11.9. The summed E-state index contributed by atoms with van der Waals surface area (Å²) in [5.74, 6) is -0.349. The molecule has 1 aliphatic rings. The van der Waals surface area contributed by atoms with Crippen molar-refractivity contribution >= 4 is 24.7 Å². The molecule has 3 atom stereocenters. The van der Waals surface area contributed by atoms with Crippen molar-refractivity contribution in [2.75, 3.05) is 27.6 Å². The van der Waals surface area contributed by atoms with Crippen LogP contribution in [0.3, 0.4) is 0 Å². The lowest BCUT2D eigenvalue weighted by atomic mass is 10.1. The fourth-order valence-electron chi connectivity index (χ4n) is 4.49. The summed E-state index contributed by atoms with van der Waals surface area (Å²) < 4.78 is 28.9. The molecular formula is C27H36O6Si. The van der Waals surface area contributed by atoms with E-state index in [1.807, 2.05) is 24.3 Å². The number of carbonyl (C=O) groups excluding carboxylic acids is 1. The first-order valence-electron chi connectivity index (χ1n) is 11.6. The van der Waals surface area contributed by atoms with Crippen LogP contribution in [-0.2, 0) is 28.2 Å². The normalized spacial score (nSPS) is 20.8. The van der Waals surface area contributed by atoms with Crippen LogP contribution in [0.25, 0.3) is 0 Å². The highest BCUT2D eigenvalue weighted by Crippen LogP contribution is 2.37.